The molecule has 0 radical (unpaired) electrons. The third-order valence-corrected chi connectivity index (χ3v) is 4.34. The van der Waals surface area contributed by atoms with Crippen molar-refractivity contribution < 1.29 is 14.3 Å². The first-order chi connectivity index (χ1) is 12.6. The van der Waals surface area contributed by atoms with Crippen LogP contribution in [0.4, 0.5) is 5.69 Å². The summed E-state index contributed by atoms with van der Waals surface area (Å²) in [6, 6.07) is 9.05. The van der Waals surface area contributed by atoms with Gasteiger partial charge < -0.3 is 14.4 Å². The summed E-state index contributed by atoms with van der Waals surface area (Å²) in [7, 11) is 1.61. The molecule has 1 heterocycles. The topological polar surface area (TPSA) is 51.7 Å². The first kappa shape index (κ1) is 20.1. The van der Waals surface area contributed by atoms with Gasteiger partial charge >= 0.3 is 0 Å². The highest BCUT2D eigenvalue weighted by molar-refractivity contribution is 7.80. The molecule has 2 aromatic rings. The van der Waals surface area contributed by atoms with Crippen LogP contribution in [0.3, 0.4) is 0 Å². The van der Waals surface area contributed by atoms with Crippen LogP contribution in [0.1, 0.15) is 37.0 Å². The Morgan fingerprint density at radius 3 is 2.58 bits per heavy atom. The van der Waals surface area contributed by atoms with E-state index in [-0.39, 0.29) is 12.0 Å². The van der Waals surface area contributed by atoms with Gasteiger partial charge in [-0.1, -0.05) is 13.8 Å². The first-order valence-corrected chi connectivity index (χ1v) is 9.45. The zero-order chi connectivity index (χ0) is 18.9. The molecule has 1 aromatic heterocycles. The lowest BCUT2D eigenvalue weighted by atomic mass is 10.2. The minimum atomic E-state index is -0.120. The standard InChI is InChI=1S/C20H26N2O3S/c1-4-17(5-2)25-19-13-16(8-9-18(19)24-3)22(11-12-26)20(23)15-7-6-10-21-14-15/h6-10,13-14,17,26H,4-5,11-12H2,1-3H3. The van der Waals surface area contributed by atoms with Gasteiger partial charge in [0.15, 0.2) is 11.5 Å². The summed E-state index contributed by atoms with van der Waals surface area (Å²) in [5.41, 5.74) is 1.28. The van der Waals surface area contributed by atoms with Crippen LogP contribution in [-0.2, 0) is 0 Å². The van der Waals surface area contributed by atoms with Crippen molar-refractivity contribution >= 4 is 24.2 Å². The van der Waals surface area contributed by atoms with Gasteiger partial charge in [-0.3, -0.25) is 9.78 Å². The molecule has 0 bridgehead atoms. The number of aromatic nitrogens is 1. The normalized spacial score (nSPS) is 10.7. The molecule has 5 nitrogen and oxygen atoms in total. The summed E-state index contributed by atoms with van der Waals surface area (Å²) in [5.74, 6) is 1.72. The molecule has 0 aliphatic carbocycles. The highest BCUT2D eigenvalue weighted by Crippen LogP contribution is 2.33. The Bertz CT molecular complexity index is 705. The van der Waals surface area contributed by atoms with Crippen molar-refractivity contribution in [3.05, 3.63) is 48.3 Å². The molecule has 26 heavy (non-hydrogen) atoms. The largest absolute Gasteiger partial charge is 0.493 e. The average molecular weight is 375 g/mol. The van der Waals surface area contributed by atoms with Crippen molar-refractivity contribution in [3.63, 3.8) is 0 Å². The number of hydrogen-bond donors (Lipinski definition) is 1. The zero-order valence-electron chi connectivity index (χ0n) is 15.5. The Kier molecular flexibility index (Phi) is 7.78. The highest BCUT2D eigenvalue weighted by atomic mass is 32.1. The van der Waals surface area contributed by atoms with Crippen LogP contribution in [0.2, 0.25) is 0 Å². The number of carbonyl (C=O) groups excluding carboxylic acids is 1. The molecule has 6 heteroatoms. The van der Waals surface area contributed by atoms with Crippen molar-refractivity contribution in [1.29, 1.82) is 0 Å². The van der Waals surface area contributed by atoms with E-state index >= 15 is 0 Å². The molecule has 0 aliphatic rings. The maximum Gasteiger partial charge on any atom is 0.259 e. The first-order valence-electron chi connectivity index (χ1n) is 8.82. The van der Waals surface area contributed by atoms with Gasteiger partial charge in [-0.25, -0.2) is 0 Å². The van der Waals surface area contributed by atoms with Crippen LogP contribution in [0.25, 0.3) is 0 Å². The fraction of sp³-hybridized carbons (Fsp3) is 0.400. The molecule has 0 atom stereocenters. The van der Waals surface area contributed by atoms with Gasteiger partial charge in [0.2, 0.25) is 0 Å². The number of hydrogen-bond acceptors (Lipinski definition) is 5. The zero-order valence-corrected chi connectivity index (χ0v) is 16.4. The molecule has 0 fully saturated rings. The van der Waals surface area contributed by atoms with Crippen LogP contribution in [-0.4, -0.2) is 36.4 Å². The highest BCUT2D eigenvalue weighted by Gasteiger charge is 2.20. The number of rotatable bonds is 9. The van der Waals surface area contributed by atoms with Crippen molar-refractivity contribution in [2.24, 2.45) is 0 Å². The molecule has 2 rings (SSSR count). The number of carbonyl (C=O) groups is 1. The molecule has 0 saturated carbocycles. The molecular formula is C20H26N2O3S. The maximum atomic E-state index is 12.9. The second-order valence-corrected chi connectivity index (χ2v) is 6.26. The van der Waals surface area contributed by atoms with Crippen molar-refractivity contribution in [1.82, 2.24) is 4.98 Å². The third kappa shape index (κ3) is 4.91. The van der Waals surface area contributed by atoms with Crippen LogP contribution in [0, 0.1) is 0 Å². The van der Waals surface area contributed by atoms with E-state index in [1.165, 1.54) is 0 Å². The predicted molar refractivity (Wildman–Crippen MR) is 108 cm³/mol. The summed E-state index contributed by atoms with van der Waals surface area (Å²) in [6.45, 7) is 4.65. The van der Waals surface area contributed by atoms with Gasteiger partial charge in [0.1, 0.15) is 0 Å². The van der Waals surface area contributed by atoms with Crippen LogP contribution < -0.4 is 14.4 Å². The molecule has 140 valence electrons. The summed E-state index contributed by atoms with van der Waals surface area (Å²) >= 11 is 4.30. The molecule has 0 aliphatic heterocycles. The number of ether oxygens (including phenoxy) is 2. The predicted octanol–water partition coefficient (Wildman–Crippen LogP) is 4.23. The van der Waals surface area contributed by atoms with Gasteiger partial charge in [-0.2, -0.15) is 12.6 Å². The van der Waals surface area contributed by atoms with E-state index < -0.39 is 0 Å². The van der Waals surface area contributed by atoms with Crippen LogP contribution >= 0.6 is 12.6 Å². The van der Waals surface area contributed by atoms with Gasteiger partial charge in [-0.15, -0.1) is 0 Å². The van der Waals surface area contributed by atoms with E-state index in [9.17, 15) is 4.79 Å². The smallest absolute Gasteiger partial charge is 0.259 e. The maximum absolute atomic E-state index is 12.9. The van der Waals surface area contributed by atoms with E-state index in [1.807, 2.05) is 18.2 Å². The number of amides is 1. The number of methoxy groups -OCH3 is 1. The van der Waals surface area contributed by atoms with Crippen LogP contribution in [0.5, 0.6) is 11.5 Å². The molecule has 0 spiro atoms. The lowest BCUT2D eigenvalue weighted by molar-refractivity contribution is 0.0988. The minimum Gasteiger partial charge on any atom is -0.493 e. The van der Waals surface area contributed by atoms with Gasteiger partial charge in [0.05, 0.1) is 18.8 Å². The Balaban J connectivity index is 2.37. The van der Waals surface area contributed by atoms with E-state index in [1.54, 1.807) is 36.5 Å². The molecule has 0 unspecified atom stereocenters. The number of anilines is 1. The molecule has 1 aromatic carbocycles. The number of thiol groups is 1. The van der Waals surface area contributed by atoms with Gasteiger partial charge in [0, 0.05) is 36.4 Å². The Morgan fingerprint density at radius 1 is 1.23 bits per heavy atom. The van der Waals surface area contributed by atoms with E-state index in [2.05, 4.69) is 31.5 Å². The van der Waals surface area contributed by atoms with Crippen molar-refractivity contribution in [3.8, 4) is 11.5 Å². The average Bonchev–Trinajstić information content (AvgIpc) is 2.70. The number of pyridine rings is 1. The van der Waals surface area contributed by atoms with E-state index in [0.717, 1.165) is 18.5 Å². The Hall–Kier alpha value is -2.21. The Morgan fingerprint density at radius 2 is 2.00 bits per heavy atom. The molecule has 0 saturated heterocycles. The van der Waals surface area contributed by atoms with Crippen molar-refractivity contribution in [2.45, 2.75) is 32.8 Å². The van der Waals surface area contributed by atoms with Gasteiger partial charge in [0.25, 0.3) is 5.91 Å². The number of benzene rings is 1. The van der Waals surface area contributed by atoms with Crippen molar-refractivity contribution in [2.75, 3.05) is 24.3 Å². The molecular weight excluding hydrogens is 348 g/mol. The Labute approximate surface area is 160 Å². The molecule has 0 N–H and O–H groups in total. The molecule has 1 amide bonds. The summed E-state index contributed by atoms with van der Waals surface area (Å²) < 4.78 is 11.5. The lowest BCUT2D eigenvalue weighted by Gasteiger charge is -2.24. The van der Waals surface area contributed by atoms with E-state index in [0.29, 0.717) is 29.4 Å². The second-order valence-electron chi connectivity index (χ2n) is 5.81. The lowest BCUT2D eigenvalue weighted by Crippen LogP contribution is -2.32. The second kappa shape index (κ2) is 10.1. The minimum absolute atomic E-state index is 0.103. The monoisotopic (exact) mass is 374 g/mol. The van der Waals surface area contributed by atoms with Crippen LogP contribution in [0.15, 0.2) is 42.7 Å². The number of nitrogens with zero attached hydrogens (tertiary/aromatic N) is 2. The van der Waals surface area contributed by atoms with E-state index in [4.69, 9.17) is 9.47 Å². The third-order valence-electron chi connectivity index (χ3n) is 4.14. The quantitative estimate of drug-likeness (QED) is 0.667. The summed E-state index contributed by atoms with van der Waals surface area (Å²) in [4.78, 5) is 18.6. The SMILES string of the molecule is CCC(CC)Oc1cc(N(CCS)C(=O)c2cccnc2)ccc1OC. The fourth-order valence-corrected chi connectivity index (χ4v) is 2.85. The summed E-state index contributed by atoms with van der Waals surface area (Å²) in [5, 5.41) is 0. The summed E-state index contributed by atoms with van der Waals surface area (Å²) in [6.07, 6.45) is 5.12. The fourth-order valence-electron chi connectivity index (χ4n) is 2.65. The van der Waals surface area contributed by atoms with Gasteiger partial charge in [-0.05, 0) is 37.1 Å².